The van der Waals surface area contributed by atoms with Gasteiger partial charge >= 0.3 is 0 Å². The van der Waals surface area contributed by atoms with Crippen LogP contribution >= 0.6 is 11.8 Å². The van der Waals surface area contributed by atoms with Crippen molar-refractivity contribution >= 4 is 17.7 Å². The Morgan fingerprint density at radius 1 is 1.38 bits per heavy atom. The van der Waals surface area contributed by atoms with Crippen LogP contribution < -0.4 is 0 Å². The molecule has 0 unspecified atom stereocenters. The third-order valence-corrected chi connectivity index (χ3v) is 3.93. The number of β-amino-alcohol motifs (C(OH)–C–C–N with tert-alkyl or cyclic N) is 1. The molecule has 1 heterocycles. The Hall–Kier alpha value is -0.220. The second kappa shape index (κ2) is 6.50. The van der Waals surface area contributed by atoms with E-state index >= 15 is 0 Å². The average molecular weight is 245 g/mol. The van der Waals surface area contributed by atoms with Crippen molar-refractivity contribution in [2.75, 3.05) is 24.6 Å². The summed E-state index contributed by atoms with van der Waals surface area (Å²) in [5.74, 6) is 1.82. The Kier molecular flexibility index (Phi) is 5.62. The molecule has 0 saturated carbocycles. The molecule has 1 amide bonds. The predicted octanol–water partition coefficient (Wildman–Crippen LogP) is 1.89. The Morgan fingerprint density at radius 2 is 2.06 bits per heavy atom. The van der Waals surface area contributed by atoms with Gasteiger partial charge in [-0.1, -0.05) is 26.7 Å². The lowest BCUT2D eigenvalue weighted by molar-refractivity contribution is -0.153. The molecule has 16 heavy (non-hydrogen) atoms. The summed E-state index contributed by atoms with van der Waals surface area (Å²) in [5.41, 5.74) is -0.585. The van der Waals surface area contributed by atoms with E-state index in [0.717, 1.165) is 18.6 Å². The van der Waals surface area contributed by atoms with Gasteiger partial charge in [-0.15, -0.1) is 0 Å². The summed E-state index contributed by atoms with van der Waals surface area (Å²) in [7, 11) is 0. The van der Waals surface area contributed by atoms with Gasteiger partial charge in [0.2, 0.25) is 5.91 Å². The van der Waals surface area contributed by atoms with Crippen LogP contribution in [0.1, 0.15) is 39.5 Å². The minimum atomic E-state index is -0.585. The smallest absolute Gasteiger partial charge is 0.232 e. The van der Waals surface area contributed by atoms with Crippen LogP contribution in [0.5, 0.6) is 0 Å². The molecule has 0 aromatic rings. The number of hydrogen-bond donors (Lipinski definition) is 1. The van der Waals surface area contributed by atoms with Crippen molar-refractivity contribution in [1.29, 1.82) is 0 Å². The highest BCUT2D eigenvalue weighted by Crippen LogP contribution is 2.26. The molecule has 1 aliphatic heterocycles. The monoisotopic (exact) mass is 245 g/mol. The van der Waals surface area contributed by atoms with Gasteiger partial charge in [0.1, 0.15) is 0 Å². The number of hydrogen-bond acceptors (Lipinski definition) is 3. The maximum atomic E-state index is 11.7. The zero-order chi connectivity index (χ0) is 12.0. The first-order valence-corrected chi connectivity index (χ1v) is 7.34. The molecule has 0 radical (unpaired) electrons. The topological polar surface area (TPSA) is 40.5 Å². The number of carbonyl (C=O) groups is 1. The fourth-order valence-corrected chi connectivity index (χ4v) is 2.96. The molecule has 94 valence electrons. The molecule has 1 N–H and O–H groups in total. The van der Waals surface area contributed by atoms with Crippen molar-refractivity contribution in [3.63, 3.8) is 0 Å². The Bertz CT molecular complexity index is 227. The normalized spacial score (nSPS) is 18.3. The molecule has 4 heteroatoms. The highest BCUT2D eigenvalue weighted by atomic mass is 32.2. The van der Waals surface area contributed by atoms with Gasteiger partial charge in [-0.25, -0.2) is 0 Å². The summed E-state index contributed by atoms with van der Waals surface area (Å²) in [6.07, 6.45) is 4.14. The standard InChI is InChI=1S/C12H23NO2S/c1-3-5-7-16-8-11(14)13-9-12(15,10-13)6-4-2/h15H,3-10H2,1-2H3. The number of unbranched alkanes of at least 4 members (excludes halogenated alkanes) is 1. The van der Waals surface area contributed by atoms with Gasteiger partial charge in [0.25, 0.3) is 0 Å². The average Bonchev–Trinajstić information content (AvgIpc) is 2.21. The molecule has 0 atom stereocenters. The number of rotatable bonds is 7. The van der Waals surface area contributed by atoms with E-state index in [1.807, 2.05) is 0 Å². The maximum absolute atomic E-state index is 11.7. The lowest BCUT2D eigenvalue weighted by Crippen LogP contribution is -2.63. The van der Waals surface area contributed by atoms with E-state index < -0.39 is 5.60 Å². The third kappa shape index (κ3) is 3.98. The number of aliphatic hydroxyl groups is 1. The molecular formula is C12H23NO2S. The van der Waals surface area contributed by atoms with E-state index in [9.17, 15) is 9.90 Å². The Balaban J connectivity index is 2.12. The van der Waals surface area contributed by atoms with E-state index in [-0.39, 0.29) is 5.91 Å². The number of likely N-dealkylation sites (tertiary alicyclic amines) is 1. The van der Waals surface area contributed by atoms with Crippen LogP contribution in [0.4, 0.5) is 0 Å². The van der Waals surface area contributed by atoms with Gasteiger partial charge < -0.3 is 10.0 Å². The fourth-order valence-electron chi connectivity index (χ4n) is 1.96. The molecule has 3 nitrogen and oxygen atoms in total. The summed E-state index contributed by atoms with van der Waals surface area (Å²) in [6, 6.07) is 0. The van der Waals surface area contributed by atoms with Crippen LogP contribution in [0.2, 0.25) is 0 Å². The molecular weight excluding hydrogens is 222 g/mol. The fraction of sp³-hybridized carbons (Fsp3) is 0.917. The molecule has 1 fully saturated rings. The zero-order valence-electron chi connectivity index (χ0n) is 10.4. The van der Waals surface area contributed by atoms with Gasteiger partial charge in [0, 0.05) is 0 Å². The van der Waals surface area contributed by atoms with E-state index in [0.29, 0.717) is 18.8 Å². The molecule has 0 aromatic carbocycles. The highest BCUT2D eigenvalue weighted by Gasteiger charge is 2.42. The van der Waals surface area contributed by atoms with Crippen molar-refractivity contribution in [2.24, 2.45) is 0 Å². The number of amides is 1. The van der Waals surface area contributed by atoms with E-state index in [2.05, 4.69) is 13.8 Å². The van der Waals surface area contributed by atoms with Gasteiger partial charge in [-0.3, -0.25) is 4.79 Å². The molecule has 0 aromatic heterocycles. The number of thioether (sulfide) groups is 1. The summed E-state index contributed by atoms with van der Waals surface area (Å²) in [6.45, 7) is 5.29. The van der Waals surface area contributed by atoms with Crippen LogP contribution in [-0.4, -0.2) is 46.1 Å². The summed E-state index contributed by atoms with van der Waals surface area (Å²) >= 11 is 1.70. The molecule has 1 rings (SSSR count). The first-order valence-electron chi connectivity index (χ1n) is 6.19. The summed E-state index contributed by atoms with van der Waals surface area (Å²) in [4.78, 5) is 13.4. The zero-order valence-corrected chi connectivity index (χ0v) is 11.2. The largest absolute Gasteiger partial charge is 0.386 e. The lowest BCUT2D eigenvalue weighted by Gasteiger charge is -2.46. The predicted molar refractivity (Wildman–Crippen MR) is 68.7 cm³/mol. The SMILES string of the molecule is CCCCSCC(=O)N1CC(O)(CCC)C1. The molecule has 1 aliphatic rings. The van der Waals surface area contributed by atoms with Crippen molar-refractivity contribution in [3.05, 3.63) is 0 Å². The minimum absolute atomic E-state index is 0.182. The van der Waals surface area contributed by atoms with Crippen molar-refractivity contribution in [2.45, 2.75) is 45.1 Å². The minimum Gasteiger partial charge on any atom is -0.386 e. The van der Waals surface area contributed by atoms with Gasteiger partial charge in [0.05, 0.1) is 24.4 Å². The van der Waals surface area contributed by atoms with Crippen LogP contribution in [0.25, 0.3) is 0 Å². The summed E-state index contributed by atoms with van der Waals surface area (Å²) < 4.78 is 0. The second-order valence-electron chi connectivity index (χ2n) is 4.63. The molecule has 1 saturated heterocycles. The van der Waals surface area contributed by atoms with E-state index in [4.69, 9.17) is 0 Å². The van der Waals surface area contributed by atoms with Crippen LogP contribution in [0, 0.1) is 0 Å². The van der Waals surface area contributed by atoms with Crippen molar-refractivity contribution in [1.82, 2.24) is 4.90 Å². The first kappa shape index (κ1) is 13.8. The second-order valence-corrected chi connectivity index (χ2v) is 5.74. The van der Waals surface area contributed by atoms with Crippen LogP contribution in [0.3, 0.4) is 0 Å². The van der Waals surface area contributed by atoms with Gasteiger partial charge in [-0.2, -0.15) is 11.8 Å². The molecule has 0 bridgehead atoms. The van der Waals surface area contributed by atoms with E-state index in [1.54, 1.807) is 16.7 Å². The molecule has 0 spiro atoms. The Labute approximate surface area is 103 Å². The van der Waals surface area contributed by atoms with Crippen molar-refractivity contribution < 1.29 is 9.90 Å². The van der Waals surface area contributed by atoms with Crippen molar-refractivity contribution in [3.8, 4) is 0 Å². The third-order valence-electron chi connectivity index (χ3n) is 2.91. The Morgan fingerprint density at radius 3 is 2.62 bits per heavy atom. The quantitative estimate of drug-likeness (QED) is 0.696. The highest BCUT2D eigenvalue weighted by molar-refractivity contribution is 7.99. The van der Waals surface area contributed by atoms with Gasteiger partial charge in [-0.05, 0) is 18.6 Å². The first-order chi connectivity index (χ1) is 7.61. The maximum Gasteiger partial charge on any atom is 0.232 e. The lowest BCUT2D eigenvalue weighted by atomic mass is 9.89. The molecule has 0 aliphatic carbocycles. The number of carbonyl (C=O) groups excluding carboxylic acids is 1. The summed E-state index contributed by atoms with van der Waals surface area (Å²) in [5, 5.41) is 9.94. The van der Waals surface area contributed by atoms with E-state index in [1.165, 1.54) is 12.8 Å². The van der Waals surface area contributed by atoms with Crippen LogP contribution in [0.15, 0.2) is 0 Å². The number of nitrogens with zero attached hydrogens (tertiary/aromatic N) is 1. The van der Waals surface area contributed by atoms with Gasteiger partial charge in [0.15, 0.2) is 0 Å². The van der Waals surface area contributed by atoms with Crippen LogP contribution in [-0.2, 0) is 4.79 Å².